The summed E-state index contributed by atoms with van der Waals surface area (Å²) in [6.45, 7) is 3.88. The summed E-state index contributed by atoms with van der Waals surface area (Å²) in [5, 5.41) is 32.5. The molecule has 0 amide bonds. The number of esters is 1. The van der Waals surface area contributed by atoms with Gasteiger partial charge in [-0.3, -0.25) is 4.79 Å². The van der Waals surface area contributed by atoms with Crippen molar-refractivity contribution in [1.29, 1.82) is 0 Å². The zero-order chi connectivity index (χ0) is 24.0. The minimum absolute atomic E-state index is 0.0328. The fourth-order valence-electron chi connectivity index (χ4n) is 5.20. The van der Waals surface area contributed by atoms with Crippen molar-refractivity contribution in [3.05, 3.63) is 35.9 Å². The molecule has 0 saturated carbocycles. The number of aliphatic hydroxyl groups excluding tert-OH is 2. The van der Waals surface area contributed by atoms with Crippen LogP contribution in [0.2, 0.25) is 0 Å². The van der Waals surface area contributed by atoms with Crippen LogP contribution < -0.4 is 0 Å². The van der Waals surface area contributed by atoms with Gasteiger partial charge in [-0.25, -0.2) is 0 Å². The van der Waals surface area contributed by atoms with E-state index < -0.39 is 36.2 Å². The molecule has 0 spiro atoms. The van der Waals surface area contributed by atoms with Gasteiger partial charge in [0.1, 0.15) is 6.10 Å². The number of aliphatic hydroxyl groups is 3. The van der Waals surface area contributed by atoms with E-state index in [0.717, 1.165) is 24.8 Å². The number of hydrogen-bond donors (Lipinski definition) is 3. The van der Waals surface area contributed by atoms with E-state index in [9.17, 15) is 20.1 Å². The van der Waals surface area contributed by atoms with Gasteiger partial charge in [-0.15, -0.1) is 0 Å². The Hall–Kier alpha value is -1.51. The molecule has 7 heteroatoms. The molecule has 0 aliphatic carbocycles. The minimum Gasteiger partial charge on any atom is -0.457 e. The van der Waals surface area contributed by atoms with Crippen LogP contribution >= 0.6 is 0 Å². The first-order valence-corrected chi connectivity index (χ1v) is 12.3. The number of fused-ring (bicyclic) bond motifs is 2. The molecule has 8 atom stereocenters. The van der Waals surface area contributed by atoms with Crippen LogP contribution in [0.1, 0.15) is 76.9 Å². The van der Waals surface area contributed by atoms with Gasteiger partial charge in [0.05, 0.1) is 30.8 Å². The zero-order valence-corrected chi connectivity index (χ0v) is 20.1. The lowest BCUT2D eigenvalue weighted by Gasteiger charge is -2.45. The number of carbonyl (C=O) groups excluding carboxylic acids is 1. The molecule has 3 rings (SSSR count). The third kappa shape index (κ3) is 6.99. The van der Waals surface area contributed by atoms with Gasteiger partial charge in [0.2, 0.25) is 0 Å². The summed E-state index contributed by atoms with van der Waals surface area (Å²) in [5.41, 5.74) is 0.895. The first-order chi connectivity index (χ1) is 15.7. The van der Waals surface area contributed by atoms with E-state index >= 15 is 0 Å². The summed E-state index contributed by atoms with van der Waals surface area (Å²) in [6.07, 6.45) is 1.23. The summed E-state index contributed by atoms with van der Waals surface area (Å²) >= 11 is 0. The van der Waals surface area contributed by atoms with Crippen molar-refractivity contribution in [2.45, 2.75) is 102 Å². The lowest BCUT2D eigenvalue weighted by molar-refractivity contribution is -0.298. The molecule has 1 aromatic carbocycles. The minimum atomic E-state index is -1.78. The highest BCUT2D eigenvalue weighted by Gasteiger charge is 2.47. The van der Waals surface area contributed by atoms with Crippen LogP contribution in [0.5, 0.6) is 0 Å². The standard InChI is InChI=1S/C26H40O7/c1-17-13-14-20(27)23(31-3)12-8-7-11-22(19-9-5-4-6-10-19)32-24(29)16-26(30)15-21(28)18(2)25(17)33-26/h4-6,9-10,17-18,20-23,25,27-28,30H,7-8,11-16H2,1-3H3. The van der Waals surface area contributed by atoms with Crippen LogP contribution in [0, 0.1) is 11.8 Å². The van der Waals surface area contributed by atoms with Gasteiger partial charge in [-0.05, 0) is 43.6 Å². The molecule has 2 bridgehead atoms. The predicted molar refractivity (Wildman–Crippen MR) is 123 cm³/mol. The molecular weight excluding hydrogens is 424 g/mol. The van der Waals surface area contributed by atoms with Crippen LogP contribution in [0.3, 0.4) is 0 Å². The Balaban J connectivity index is 1.83. The molecule has 2 aliphatic rings. The van der Waals surface area contributed by atoms with Crippen molar-refractivity contribution in [3.63, 3.8) is 0 Å². The van der Waals surface area contributed by atoms with Gasteiger partial charge in [-0.2, -0.15) is 0 Å². The first-order valence-electron chi connectivity index (χ1n) is 12.3. The Morgan fingerprint density at radius 3 is 2.39 bits per heavy atom. The van der Waals surface area contributed by atoms with Crippen LogP contribution in [0.4, 0.5) is 0 Å². The summed E-state index contributed by atoms with van der Waals surface area (Å²) in [4.78, 5) is 12.9. The Bertz CT molecular complexity index is 741. The van der Waals surface area contributed by atoms with Gasteiger partial charge in [-0.1, -0.05) is 50.6 Å². The molecule has 7 nitrogen and oxygen atoms in total. The second-order valence-corrected chi connectivity index (χ2v) is 9.91. The molecule has 33 heavy (non-hydrogen) atoms. The smallest absolute Gasteiger partial charge is 0.311 e. The second kappa shape index (κ2) is 11.8. The number of hydrogen-bond acceptors (Lipinski definition) is 7. The van der Waals surface area contributed by atoms with Gasteiger partial charge in [0, 0.05) is 19.4 Å². The van der Waals surface area contributed by atoms with E-state index in [4.69, 9.17) is 14.2 Å². The van der Waals surface area contributed by atoms with Gasteiger partial charge < -0.3 is 29.5 Å². The number of cyclic esters (lactones) is 1. The fraction of sp³-hybridized carbons (Fsp3) is 0.731. The monoisotopic (exact) mass is 464 g/mol. The molecule has 2 saturated heterocycles. The molecule has 0 aromatic heterocycles. The number of carbonyl (C=O) groups is 1. The van der Waals surface area contributed by atoms with E-state index in [1.807, 2.05) is 44.2 Å². The summed E-state index contributed by atoms with van der Waals surface area (Å²) < 4.78 is 17.4. The maximum atomic E-state index is 12.9. The largest absolute Gasteiger partial charge is 0.457 e. The lowest BCUT2D eigenvalue weighted by Crippen LogP contribution is -2.54. The van der Waals surface area contributed by atoms with Crippen molar-refractivity contribution in [2.75, 3.05) is 7.11 Å². The van der Waals surface area contributed by atoms with Crippen LogP contribution in [-0.2, 0) is 19.0 Å². The maximum absolute atomic E-state index is 12.9. The molecule has 186 valence electrons. The SMILES string of the molecule is COC1CCCCC(c2ccccc2)OC(=O)CC2(O)CC(O)C(C)C(O2)C(C)CCC1O. The van der Waals surface area contributed by atoms with Crippen LogP contribution in [0.15, 0.2) is 30.3 Å². The Morgan fingerprint density at radius 2 is 1.70 bits per heavy atom. The Kier molecular flexibility index (Phi) is 9.30. The third-order valence-corrected chi connectivity index (χ3v) is 7.29. The van der Waals surface area contributed by atoms with Gasteiger partial charge >= 0.3 is 5.97 Å². The van der Waals surface area contributed by atoms with Crippen molar-refractivity contribution in [3.8, 4) is 0 Å². The summed E-state index contributed by atoms with van der Waals surface area (Å²) in [6, 6.07) is 9.57. The van der Waals surface area contributed by atoms with E-state index in [0.29, 0.717) is 19.3 Å². The molecular formula is C26H40O7. The highest BCUT2D eigenvalue weighted by molar-refractivity contribution is 5.70. The van der Waals surface area contributed by atoms with Crippen LogP contribution in [0.25, 0.3) is 0 Å². The molecule has 2 heterocycles. The van der Waals surface area contributed by atoms with E-state index in [2.05, 4.69) is 0 Å². The number of benzene rings is 1. The Morgan fingerprint density at radius 1 is 1.00 bits per heavy atom. The highest BCUT2D eigenvalue weighted by atomic mass is 16.6. The summed E-state index contributed by atoms with van der Waals surface area (Å²) in [7, 11) is 1.62. The molecule has 0 radical (unpaired) electrons. The zero-order valence-electron chi connectivity index (χ0n) is 20.1. The topological polar surface area (TPSA) is 105 Å². The number of rotatable bonds is 2. The van der Waals surface area contributed by atoms with E-state index in [1.165, 1.54) is 0 Å². The average Bonchev–Trinajstić information content (AvgIpc) is 2.78. The maximum Gasteiger partial charge on any atom is 0.311 e. The molecule has 2 fully saturated rings. The van der Waals surface area contributed by atoms with Gasteiger partial charge in [0.15, 0.2) is 5.79 Å². The van der Waals surface area contributed by atoms with Crippen LogP contribution in [-0.4, -0.2) is 58.6 Å². The number of ether oxygens (including phenoxy) is 3. The molecule has 2 aliphatic heterocycles. The third-order valence-electron chi connectivity index (χ3n) is 7.29. The van der Waals surface area contributed by atoms with Crippen molar-refractivity contribution < 1.29 is 34.3 Å². The van der Waals surface area contributed by atoms with E-state index in [1.54, 1.807) is 7.11 Å². The molecule has 3 N–H and O–H groups in total. The van der Waals surface area contributed by atoms with E-state index in [-0.39, 0.29) is 30.8 Å². The number of methoxy groups -OCH3 is 1. The molecule has 8 unspecified atom stereocenters. The average molecular weight is 465 g/mol. The van der Waals surface area contributed by atoms with Crippen molar-refractivity contribution in [1.82, 2.24) is 0 Å². The van der Waals surface area contributed by atoms with Crippen molar-refractivity contribution >= 4 is 5.97 Å². The predicted octanol–water partition coefficient (Wildman–Crippen LogP) is 3.50. The lowest BCUT2D eigenvalue weighted by atomic mass is 9.80. The first kappa shape index (κ1) is 26.1. The Labute approximate surface area is 197 Å². The van der Waals surface area contributed by atoms with Crippen molar-refractivity contribution in [2.24, 2.45) is 11.8 Å². The second-order valence-electron chi connectivity index (χ2n) is 9.91. The fourth-order valence-corrected chi connectivity index (χ4v) is 5.20. The highest BCUT2D eigenvalue weighted by Crippen LogP contribution is 2.39. The normalized spacial score (nSPS) is 39.6. The summed E-state index contributed by atoms with van der Waals surface area (Å²) in [5.74, 6) is -2.57. The molecule has 1 aromatic rings. The van der Waals surface area contributed by atoms with Gasteiger partial charge in [0.25, 0.3) is 0 Å². The quantitative estimate of drug-likeness (QED) is 0.575.